The molecule has 4 nitrogen and oxygen atoms in total. The normalized spacial score (nSPS) is 11.8. The van der Waals surface area contributed by atoms with E-state index in [1.807, 2.05) is 45.0 Å². The molecule has 2 N–H and O–H groups in total. The van der Waals surface area contributed by atoms with Gasteiger partial charge in [0.05, 0.1) is 17.0 Å². The Bertz CT molecular complexity index is 867. The van der Waals surface area contributed by atoms with Crippen LogP contribution in [0.4, 0.5) is 0 Å². The molecular weight excluding hydrogens is 294 g/mol. The van der Waals surface area contributed by atoms with Gasteiger partial charge in [-0.25, -0.2) is 4.98 Å². The second-order valence-electron chi connectivity index (χ2n) is 6.24. The third-order valence-electron chi connectivity index (χ3n) is 3.54. The van der Waals surface area contributed by atoms with Crippen LogP contribution in [0, 0.1) is 10.8 Å². The van der Waals surface area contributed by atoms with E-state index in [0.29, 0.717) is 22.0 Å². The molecular formula is C17H17N3OS. The third-order valence-corrected chi connectivity index (χ3v) is 4.38. The molecule has 0 aliphatic heterocycles. The highest BCUT2D eigenvalue weighted by Gasteiger charge is 2.23. The van der Waals surface area contributed by atoms with Crippen molar-refractivity contribution in [2.45, 2.75) is 20.8 Å². The average molecular weight is 311 g/mol. The Morgan fingerprint density at radius 2 is 2.00 bits per heavy atom. The van der Waals surface area contributed by atoms with Crippen molar-refractivity contribution in [1.82, 2.24) is 9.97 Å². The second-order valence-corrected chi connectivity index (χ2v) is 7.10. The van der Waals surface area contributed by atoms with Crippen LogP contribution in [0.5, 0.6) is 0 Å². The maximum atomic E-state index is 12.7. The lowest BCUT2D eigenvalue weighted by molar-refractivity contribution is 0.104. The SMILES string of the molecule is CC(C)(C)C(=N)c1csc(C(=O)c2c[nH]c3ccccc23)n1. The summed E-state index contributed by atoms with van der Waals surface area (Å²) in [6, 6.07) is 7.70. The summed E-state index contributed by atoms with van der Waals surface area (Å²) in [4.78, 5) is 20.1. The van der Waals surface area contributed by atoms with Crippen molar-refractivity contribution in [3.8, 4) is 0 Å². The fourth-order valence-corrected chi connectivity index (χ4v) is 3.01. The number of rotatable bonds is 3. The largest absolute Gasteiger partial charge is 0.360 e. The summed E-state index contributed by atoms with van der Waals surface area (Å²) in [7, 11) is 0. The minimum atomic E-state index is -0.283. The summed E-state index contributed by atoms with van der Waals surface area (Å²) in [5.74, 6) is -0.101. The molecule has 1 aromatic carbocycles. The zero-order valence-electron chi connectivity index (χ0n) is 12.7. The van der Waals surface area contributed by atoms with Crippen LogP contribution in [0.2, 0.25) is 0 Å². The van der Waals surface area contributed by atoms with Gasteiger partial charge in [-0.1, -0.05) is 39.0 Å². The van der Waals surface area contributed by atoms with Gasteiger partial charge < -0.3 is 10.4 Å². The van der Waals surface area contributed by atoms with Crippen molar-refractivity contribution >= 4 is 33.7 Å². The smallest absolute Gasteiger partial charge is 0.223 e. The Hall–Kier alpha value is -2.27. The molecule has 0 aliphatic carbocycles. The maximum absolute atomic E-state index is 12.7. The quantitative estimate of drug-likeness (QED) is 0.560. The molecule has 0 radical (unpaired) electrons. The average Bonchev–Trinajstić information content (AvgIpc) is 3.12. The minimum absolute atomic E-state index is 0.101. The van der Waals surface area contributed by atoms with Crippen LogP contribution in [0.1, 0.15) is 41.8 Å². The number of para-hydroxylation sites is 1. The van der Waals surface area contributed by atoms with Crippen molar-refractivity contribution < 1.29 is 4.79 Å². The van der Waals surface area contributed by atoms with E-state index in [0.717, 1.165) is 10.9 Å². The lowest BCUT2D eigenvalue weighted by Gasteiger charge is -2.17. The molecule has 0 bridgehead atoms. The van der Waals surface area contributed by atoms with Crippen molar-refractivity contribution in [2.24, 2.45) is 5.41 Å². The number of ketones is 1. The molecule has 0 unspecified atom stereocenters. The van der Waals surface area contributed by atoms with Gasteiger partial charge in [0.2, 0.25) is 5.78 Å². The van der Waals surface area contributed by atoms with Crippen molar-refractivity contribution in [2.75, 3.05) is 0 Å². The van der Waals surface area contributed by atoms with Gasteiger partial charge in [-0.3, -0.25) is 4.79 Å². The Morgan fingerprint density at radius 1 is 1.27 bits per heavy atom. The van der Waals surface area contributed by atoms with Crippen LogP contribution in [0.15, 0.2) is 35.8 Å². The lowest BCUT2D eigenvalue weighted by atomic mass is 9.88. The Balaban J connectivity index is 1.97. The predicted octanol–water partition coefficient (Wildman–Crippen LogP) is 4.27. The molecule has 0 aliphatic rings. The van der Waals surface area contributed by atoms with Crippen LogP contribution >= 0.6 is 11.3 Å². The predicted molar refractivity (Wildman–Crippen MR) is 90.1 cm³/mol. The molecule has 0 saturated heterocycles. The standard InChI is InChI=1S/C17H17N3OS/c1-17(2,3)15(18)13-9-22-16(20-13)14(21)11-8-19-12-7-5-4-6-10(11)12/h4-9,18-19H,1-3H3. The zero-order valence-corrected chi connectivity index (χ0v) is 13.5. The second kappa shape index (κ2) is 5.18. The van der Waals surface area contributed by atoms with Crippen molar-refractivity contribution in [3.05, 3.63) is 52.1 Å². The molecule has 112 valence electrons. The highest BCUT2D eigenvalue weighted by atomic mass is 32.1. The van der Waals surface area contributed by atoms with E-state index in [9.17, 15) is 4.79 Å². The third kappa shape index (κ3) is 2.48. The number of nitrogens with one attached hydrogen (secondary N) is 2. The summed E-state index contributed by atoms with van der Waals surface area (Å²) in [5, 5.41) is 11.3. The number of hydrogen-bond donors (Lipinski definition) is 2. The van der Waals surface area contributed by atoms with E-state index in [1.165, 1.54) is 11.3 Å². The molecule has 5 heteroatoms. The molecule has 0 atom stereocenters. The Kier molecular flexibility index (Phi) is 3.45. The van der Waals surface area contributed by atoms with Crippen LogP contribution in [-0.2, 0) is 0 Å². The molecule has 2 aromatic heterocycles. The number of aromatic nitrogens is 2. The van der Waals surface area contributed by atoms with Crippen molar-refractivity contribution in [3.63, 3.8) is 0 Å². The van der Waals surface area contributed by atoms with Gasteiger partial charge in [0.25, 0.3) is 0 Å². The summed E-state index contributed by atoms with van der Waals surface area (Å²) in [6.07, 6.45) is 1.73. The summed E-state index contributed by atoms with van der Waals surface area (Å²) >= 11 is 1.29. The molecule has 0 amide bonds. The first-order valence-electron chi connectivity index (χ1n) is 7.03. The summed E-state index contributed by atoms with van der Waals surface area (Å²) < 4.78 is 0. The first kappa shape index (κ1) is 14.7. The molecule has 3 rings (SSSR count). The van der Waals surface area contributed by atoms with Gasteiger partial charge in [-0.15, -0.1) is 11.3 Å². The monoisotopic (exact) mass is 311 g/mol. The number of carbonyl (C=O) groups is 1. The zero-order chi connectivity index (χ0) is 15.9. The van der Waals surface area contributed by atoms with Gasteiger partial charge in [0.1, 0.15) is 0 Å². The fraction of sp³-hybridized carbons (Fsp3) is 0.235. The highest BCUT2D eigenvalue weighted by molar-refractivity contribution is 7.12. The summed E-state index contributed by atoms with van der Waals surface area (Å²) in [5.41, 5.74) is 2.31. The van der Waals surface area contributed by atoms with E-state index < -0.39 is 0 Å². The first-order valence-corrected chi connectivity index (χ1v) is 7.91. The van der Waals surface area contributed by atoms with Crippen LogP contribution in [0.3, 0.4) is 0 Å². The molecule has 3 aromatic rings. The van der Waals surface area contributed by atoms with Gasteiger partial charge in [-0.05, 0) is 6.07 Å². The molecule has 22 heavy (non-hydrogen) atoms. The summed E-state index contributed by atoms with van der Waals surface area (Å²) in [6.45, 7) is 5.90. The number of nitrogens with zero attached hydrogens (tertiary/aromatic N) is 1. The van der Waals surface area contributed by atoms with E-state index >= 15 is 0 Å². The van der Waals surface area contributed by atoms with Crippen LogP contribution in [-0.4, -0.2) is 21.5 Å². The Morgan fingerprint density at radius 3 is 2.73 bits per heavy atom. The molecule has 0 fully saturated rings. The molecule has 0 spiro atoms. The van der Waals surface area contributed by atoms with Gasteiger partial charge in [0, 0.05) is 27.9 Å². The van der Waals surface area contributed by atoms with Crippen LogP contribution < -0.4 is 0 Å². The number of H-pyrrole nitrogens is 1. The van der Waals surface area contributed by atoms with Gasteiger partial charge >= 0.3 is 0 Å². The van der Waals surface area contributed by atoms with E-state index in [1.54, 1.807) is 11.6 Å². The minimum Gasteiger partial charge on any atom is -0.360 e. The Labute approximate surface area is 132 Å². The number of fused-ring (bicyclic) bond motifs is 1. The fourth-order valence-electron chi connectivity index (χ4n) is 2.25. The van der Waals surface area contributed by atoms with E-state index in [2.05, 4.69) is 9.97 Å². The van der Waals surface area contributed by atoms with E-state index in [-0.39, 0.29) is 11.2 Å². The number of hydrogen-bond acceptors (Lipinski definition) is 4. The molecule has 0 saturated carbocycles. The molecule has 2 heterocycles. The number of thiazole rings is 1. The maximum Gasteiger partial charge on any atom is 0.223 e. The number of aromatic amines is 1. The van der Waals surface area contributed by atoms with Crippen LogP contribution in [0.25, 0.3) is 10.9 Å². The van der Waals surface area contributed by atoms with Crippen molar-refractivity contribution in [1.29, 1.82) is 5.41 Å². The number of carbonyl (C=O) groups excluding carboxylic acids is 1. The first-order chi connectivity index (χ1) is 10.4. The topological polar surface area (TPSA) is 69.6 Å². The van der Waals surface area contributed by atoms with Gasteiger partial charge in [0.15, 0.2) is 5.01 Å². The van der Waals surface area contributed by atoms with Gasteiger partial charge in [-0.2, -0.15) is 0 Å². The lowest BCUT2D eigenvalue weighted by Crippen LogP contribution is -2.20. The highest BCUT2D eigenvalue weighted by Crippen LogP contribution is 2.25. The number of benzene rings is 1. The van der Waals surface area contributed by atoms with E-state index in [4.69, 9.17) is 5.41 Å².